The zero-order chi connectivity index (χ0) is 16.8. The van der Waals surface area contributed by atoms with E-state index in [0.29, 0.717) is 12.1 Å². The Kier molecular flexibility index (Phi) is 10.3. The summed E-state index contributed by atoms with van der Waals surface area (Å²) in [4.78, 5) is 4.55. The first-order valence-electron chi connectivity index (χ1n) is 8.39. The van der Waals surface area contributed by atoms with Gasteiger partial charge in [-0.15, -0.1) is 0 Å². The number of benzene rings is 1. The summed E-state index contributed by atoms with van der Waals surface area (Å²) in [6.07, 6.45) is 3.25. The largest absolute Gasteiger partial charge is 0.381 e. The Balaban J connectivity index is 2.36. The predicted molar refractivity (Wildman–Crippen MR) is 94.3 cm³/mol. The normalized spacial score (nSPS) is 11.1. The van der Waals surface area contributed by atoms with Gasteiger partial charge < -0.3 is 15.4 Å². The zero-order valence-electron chi connectivity index (χ0n) is 14.3. The average molecular weight is 316 g/mol. The molecule has 5 nitrogen and oxygen atoms in total. The van der Waals surface area contributed by atoms with Crippen LogP contribution in [0, 0.1) is 11.3 Å². The number of guanidine groups is 1. The van der Waals surface area contributed by atoms with E-state index in [4.69, 9.17) is 10.00 Å². The van der Waals surface area contributed by atoms with Gasteiger partial charge in [0.15, 0.2) is 5.96 Å². The predicted octanol–water partition coefficient (Wildman–Crippen LogP) is 2.82. The van der Waals surface area contributed by atoms with E-state index in [0.717, 1.165) is 50.7 Å². The summed E-state index contributed by atoms with van der Waals surface area (Å²) < 4.78 is 5.54. The van der Waals surface area contributed by atoms with E-state index in [1.807, 2.05) is 25.1 Å². The third kappa shape index (κ3) is 8.84. The third-order valence-corrected chi connectivity index (χ3v) is 3.22. The molecule has 1 rings (SSSR count). The summed E-state index contributed by atoms with van der Waals surface area (Å²) in [5, 5.41) is 15.5. The number of nitriles is 1. The van der Waals surface area contributed by atoms with Crippen molar-refractivity contribution in [3.63, 3.8) is 0 Å². The summed E-state index contributed by atoms with van der Waals surface area (Å²) in [6, 6.07) is 9.69. The number of hydrogen-bond acceptors (Lipinski definition) is 3. The maximum Gasteiger partial charge on any atom is 0.191 e. The van der Waals surface area contributed by atoms with Crippen LogP contribution >= 0.6 is 0 Å². The van der Waals surface area contributed by atoms with Gasteiger partial charge in [0.25, 0.3) is 0 Å². The van der Waals surface area contributed by atoms with Crippen molar-refractivity contribution in [2.24, 2.45) is 4.99 Å². The summed E-state index contributed by atoms with van der Waals surface area (Å²) >= 11 is 0. The molecule has 0 saturated heterocycles. The van der Waals surface area contributed by atoms with Gasteiger partial charge in [-0.05, 0) is 37.5 Å². The van der Waals surface area contributed by atoms with Crippen molar-refractivity contribution in [3.8, 4) is 6.07 Å². The number of nitrogens with zero attached hydrogens (tertiary/aromatic N) is 2. The minimum absolute atomic E-state index is 0.553. The van der Waals surface area contributed by atoms with Crippen LogP contribution in [0.5, 0.6) is 0 Å². The quantitative estimate of drug-likeness (QED) is 0.396. The molecule has 1 aromatic rings. The number of ether oxygens (including phenoxy) is 1. The second-order valence-electron chi connectivity index (χ2n) is 5.25. The monoisotopic (exact) mass is 316 g/mol. The van der Waals surface area contributed by atoms with Gasteiger partial charge in [0, 0.05) is 26.3 Å². The Morgan fingerprint density at radius 2 is 2.04 bits per heavy atom. The molecule has 23 heavy (non-hydrogen) atoms. The van der Waals surface area contributed by atoms with Crippen LogP contribution < -0.4 is 10.6 Å². The lowest BCUT2D eigenvalue weighted by Gasteiger charge is -2.11. The summed E-state index contributed by atoms with van der Waals surface area (Å²) in [6.45, 7) is 8.03. The van der Waals surface area contributed by atoms with E-state index in [2.05, 4.69) is 28.6 Å². The minimum atomic E-state index is 0.553. The van der Waals surface area contributed by atoms with Gasteiger partial charge in [0.05, 0.1) is 18.2 Å². The molecule has 0 unspecified atom stereocenters. The minimum Gasteiger partial charge on any atom is -0.381 e. The first-order valence-corrected chi connectivity index (χ1v) is 8.39. The lowest BCUT2D eigenvalue weighted by molar-refractivity contribution is 0.129. The highest BCUT2D eigenvalue weighted by atomic mass is 16.5. The van der Waals surface area contributed by atoms with Crippen molar-refractivity contribution < 1.29 is 4.74 Å². The highest BCUT2D eigenvalue weighted by Gasteiger charge is 1.98. The number of unbranched alkanes of at least 4 members (excludes halogenated alkanes) is 1. The van der Waals surface area contributed by atoms with E-state index in [1.165, 1.54) is 6.42 Å². The Labute approximate surface area is 139 Å². The van der Waals surface area contributed by atoms with Crippen molar-refractivity contribution in [1.82, 2.24) is 10.6 Å². The van der Waals surface area contributed by atoms with Crippen LogP contribution in [-0.4, -0.2) is 32.3 Å². The molecule has 0 heterocycles. The van der Waals surface area contributed by atoms with Crippen LogP contribution in [0.25, 0.3) is 0 Å². The Morgan fingerprint density at radius 1 is 1.22 bits per heavy atom. The molecule has 0 bridgehead atoms. The first-order chi connectivity index (χ1) is 11.3. The van der Waals surface area contributed by atoms with E-state index >= 15 is 0 Å². The smallest absolute Gasteiger partial charge is 0.191 e. The average Bonchev–Trinajstić information content (AvgIpc) is 2.59. The Bertz CT molecular complexity index is 508. The molecule has 0 amide bonds. The second kappa shape index (κ2) is 12.5. The molecule has 2 N–H and O–H groups in total. The maximum absolute atomic E-state index is 8.92. The lowest BCUT2D eigenvalue weighted by Crippen LogP contribution is -2.38. The van der Waals surface area contributed by atoms with Gasteiger partial charge in [-0.25, -0.2) is 4.99 Å². The van der Waals surface area contributed by atoms with Crippen molar-refractivity contribution in [2.75, 3.05) is 26.3 Å². The van der Waals surface area contributed by atoms with Crippen LogP contribution in [0.1, 0.15) is 44.2 Å². The van der Waals surface area contributed by atoms with Gasteiger partial charge in [-0.1, -0.05) is 25.5 Å². The molecule has 0 aliphatic heterocycles. The molecule has 0 spiro atoms. The van der Waals surface area contributed by atoms with E-state index in [1.54, 1.807) is 6.07 Å². The summed E-state index contributed by atoms with van der Waals surface area (Å²) in [5.74, 6) is 0.795. The SMILES string of the molecule is CCCCOCCCNC(=NCc1cccc(C#N)c1)NCC. The molecule has 0 radical (unpaired) electrons. The highest BCUT2D eigenvalue weighted by molar-refractivity contribution is 5.79. The Hall–Kier alpha value is -2.06. The summed E-state index contributed by atoms with van der Waals surface area (Å²) in [5.41, 5.74) is 1.70. The number of nitrogens with one attached hydrogen (secondary N) is 2. The molecular weight excluding hydrogens is 288 g/mol. The highest BCUT2D eigenvalue weighted by Crippen LogP contribution is 2.05. The standard InChI is InChI=1S/C18H28N4O/c1-3-5-11-23-12-7-10-21-18(20-4-2)22-15-17-9-6-8-16(13-17)14-19/h6,8-9,13H,3-5,7,10-12,15H2,1-2H3,(H2,20,21,22). The maximum atomic E-state index is 8.92. The molecule has 1 aromatic carbocycles. The number of hydrogen-bond donors (Lipinski definition) is 2. The molecule has 126 valence electrons. The van der Waals surface area contributed by atoms with Crippen molar-refractivity contribution in [2.45, 2.75) is 39.7 Å². The van der Waals surface area contributed by atoms with Gasteiger partial charge in [-0.3, -0.25) is 0 Å². The molecule has 0 aliphatic carbocycles. The number of aliphatic imine (C=N–C) groups is 1. The van der Waals surface area contributed by atoms with Crippen molar-refractivity contribution in [1.29, 1.82) is 5.26 Å². The lowest BCUT2D eigenvalue weighted by atomic mass is 10.1. The van der Waals surface area contributed by atoms with Crippen LogP contribution in [0.3, 0.4) is 0 Å². The molecule has 0 aliphatic rings. The zero-order valence-corrected chi connectivity index (χ0v) is 14.3. The fraction of sp³-hybridized carbons (Fsp3) is 0.556. The summed E-state index contributed by atoms with van der Waals surface area (Å²) in [7, 11) is 0. The number of rotatable bonds is 10. The van der Waals surface area contributed by atoms with Crippen LogP contribution in [0.15, 0.2) is 29.3 Å². The van der Waals surface area contributed by atoms with E-state index < -0.39 is 0 Å². The van der Waals surface area contributed by atoms with Gasteiger partial charge in [0.1, 0.15) is 0 Å². The van der Waals surface area contributed by atoms with Gasteiger partial charge in [0.2, 0.25) is 0 Å². The molecule has 0 saturated carbocycles. The van der Waals surface area contributed by atoms with Gasteiger partial charge >= 0.3 is 0 Å². The fourth-order valence-corrected chi connectivity index (χ4v) is 1.98. The topological polar surface area (TPSA) is 69.4 Å². The molecule has 0 atom stereocenters. The third-order valence-electron chi connectivity index (χ3n) is 3.22. The molecule has 0 aromatic heterocycles. The van der Waals surface area contributed by atoms with Crippen LogP contribution in [-0.2, 0) is 11.3 Å². The van der Waals surface area contributed by atoms with Crippen molar-refractivity contribution in [3.05, 3.63) is 35.4 Å². The second-order valence-corrected chi connectivity index (χ2v) is 5.25. The fourth-order valence-electron chi connectivity index (χ4n) is 1.98. The van der Waals surface area contributed by atoms with Crippen molar-refractivity contribution >= 4 is 5.96 Å². The van der Waals surface area contributed by atoms with Crippen LogP contribution in [0.4, 0.5) is 0 Å². The van der Waals surface area contributed by atoms with Crippen LogP contribution in [0.2, 0.25) is 0 Å². The first kappa shape index (κ1) is 19.0. The molecule has 5 heteroatoms. The van der Waals surface area contributed by atoms with Gasteiger partial charge in [-0.2, -0.15) is 5.26 Å². The van der Waals surface area contributed by atoms with E-state index in [9.17, 15) is 0 Å². The Morgan fingerprint density at radius 3 is 2.78 bits per heavy atom. The van der Waals surface area contributed by atoms with E-state index in [-0.39, 0.29) is 0 Å². The molecule has 0 fully saturated rings. The molecular formula is C18H28N4O.